The summed E-state index contributed by atoms with van der Waals surface area (Å²) in [6, 6.07) is 4.81. The first-order valence-electron chi connectivity index (χ1n) is 12.0. The highest BCUT2D eigenvalue weighted by Gasteiger charge is 2.43. The van der Waals surface area contributed by atoms with Gasteiger partial charge in [0.15, 0.2) is 12.1 Å². The number of amides is 2. The lowest BCUT2D eigenvalue weighted by molar-refractivity contribution is -0.131. The van der Waals surface area contributed by atoms with Crippen LogP contribution in [0.3, 0.4) is 0 Å². The minimum absolute atomic E-state index is 0.0386. The normalized spacial score (nSPS) is 20.4. The molecule has 39 heavy (non-hydrogen) atoms. The van der Waals surface area contributed by atoms with Crippen LogP contribution in [0.1, 0.15) is 34.2 Å². The Morgan fingerprint density at radius 2 is 1.97 bits per heavy atom. The maximum atomic E-state index is 16.0. The average Bonchev–Trinajstić information content (AvgIpc) is 3.42. The summed E-state index contributed by atoms with van der Waals surface area (Å²) in [5.41, 5.74) is 8.36. The third-order valence-corrected chi connectivity index (χ3v) is 8.49. The summed E-state index contributed by atoms with van der Waals surface area (Å²) in [5, 5.41) is 11.2. The molecule has 4 heterocycles. The lowest BCUT2D eigenvalue weighted by atomic mass is 9.90. The summed E-state index contributed by atoms with van der Waals surface area (Å²) < 4.78 is 59.8. The highest BCUT2D eigenvalue weighted by Crippen LogP contribution is 2.49. The van der Waals surface area contributed by atoms with Gasteiger partial charge >= 0.3 is 0 Å². The van der Waals surface area contributed by atoms with Crippen LogP contribution in [0.15, 0.2) is 30.6 Å². The van der Waals surface area contributed by atoms with Gasteiger partial charge in [-0.3, -0.25) is 9.59 Å². The number of carbonyl (C=O) groups excluding carboxylic acids is 2. The Morgan fingerprint density at radius 3 is 2.69 bits per heavy atom. The van der Waals surface area contributed by atoms with Crippen molar-refractivity contribution in [3.63, 3.8) is 0 Å². The van der Waals surface area contributed by atoms with Gasteiger partial charge in [0.1, 0.15) is 22.7 Å². The molecule has 0 bridgehead atoms. The predicted octanol–water partition coefficient (Wildman–Crippen LogP) is 4.13. The Morgan fingerprint density at radius 1 is 1.21 bits per heavy atom. The molecule has 0 saturated carbocycles. The first-order valence-corrected chi connectivity index (χ1v) is 12.8. The van der Waals surface area contributed by atoms with Gasteiger partial charge in [0.2, 0.25) is 0 Å². The van der Waals surface area contributed by atoms with E-state index in [2.05, 4.69) is 12.0 Å². The molecule has 2 atom stereocenters. The van der Waals surface area contributed by atoms with Crippen LogP contribution < -0.4 is 16.2 Å². The van der Waals surface area contributed by atoms with E-state index in [1.54, 1.807) is 0 Å². The third-order valence-electron chi connectivity index (χ3n) is 7.46. The molecule has 6 rings (SSSR count). The molecule has 2 aromatic carbocycles. The number of hydrogen-bond acceptors (Lipinski definition) is 7. The number of fused-ring (bicyclic) bond motifs is 2. The maximum Gasteiger partial charge on any atom is 0.282 e. The number of thiophene rings is 1. The van der Waals surface area contributed by atoms with Crippen LogP contribution in [-0.2, 0) is 4.79 Å². The second-order valence-electron chi connectivity index (χ2n) is 9.54. The van der Waals surface area contributed by atoms with E-state index < -0.39 is 41.6 Å². The number of halogens is 4. The van der Waals surface area contributed by atoms with Crippen molar-refractivity contribution >= 4 is 43.9 Å². The van der Waals surface area contributed by atoms with Crippen LogP contribution in [0.2, 0.25) is 0 Å². The molecule has 1 fully saturated rings. The minimum atomic E-state index is -1.91. The lowest BCUT2D eigenvalue weighted by Gasteiger charge is -2.43. The van der Waals surface area contributed by atoms with Crippen molar-refractivity contribution < 1.29 is 27.2 Å². The van der Waals surface area contributed by atoms with Gasteiger partial charge in [-0.1, -0.05) is 12.6 Å². The number of nitriles is 1. The van der Waals surface area contributed by atoms with Gasteiger partial charge in [-0.25, -0.2) is 17.6 Å². The van der Waals surface area contributed by atoms with Gasteiger partial charge in [-0.15, -0.1) is 11.3 Å². The van der Waals surface area contributed by atoms with E-state index in [0.717, 1.165) is 23.5 Å². The van der Waals surface area contributed by atoms with E-state index in [4.69, 9.17) is 5.73 Å². The number of nitrogen functional groups attached to an aromatic ring is 1. The smallest absolute Gasteiger partial charge is 0.282 e. The molecule has 3 N–H and O–H groups in total. The van der Waals surface area contributed by atoms with Crippen molar-refractivity contribution in [2.45, 2.75) is 18.8 Å². The Kier molecular flexibility index (Phi) is 5.78. The fourth-order valence-corrected chi connectivity index (χ4v) is 6.69. The maximum absolute atomic E-state index is 16.0. The molecule has 3 aliphatic heterocycles. The number of hydrogen-bond donors (Lipinski definition) is 2. The molecular formula is C26H20F4N6O2S. The van der Waals surface area contributed by atoms with Gasteiger partial charge in [0.05, 0.1) is 27.6 Å². The molecular weight excluding hydrogens is 536 g/mol. The zero-order valence-corrected chi connectivity index (χ0v) is 21.0. The summed E-state index contributed by atoms with van der Waals surface area (Å²) >= 11 is 0.841. The van der Waals surface area contributed by atoms with Gasteiger partial charge in [0.25, 0.3) is 11.8 Å². The largest absolute Gasteiger partial charge is 0.389 e. The number of anilines is 2. The van der Waals surface area contributed by atoms with Crippen molar-refractivity contribution in [2.75, 3.05) is 36.9 Å². The number of rotatable bonds is 2. The van der Waals surface area contributed by atoms with E-state index in [1.165, 1.54) is 20.9 Å². The molecule has 0 radical (unpaired) electrons. The van der Waals surface area contributed by atoms with Crippen LogP contribution in [0, 0.1) is 23.0 Å². The van der Waals surface area contributed by atoms with Gasteiger partial charge < -0.3 is 20.5 Å². The highest BCUT2D eigenvalue weighted by molar-refractivity contribution is 7.23. The molecule has 1 saturated heterocycles. The van der Waals surface area contributed by atoms with Crippen LogP contribution in [0.5, 0.6) is 0 Å². The summed E-state index contributed by atoms with van der Waals surface area (Å²) in [4.78, 5) is 28.6. The number of nitrogens with zero attached hydrogens (tertiary/aromatic N) is 4. The summed E-state index contributed by atoms with van der Waals surface area (Å²) in [6.07, 6.45) is -1.61. The molecule has 3 aromatic rings. The quantitative estimate of drug-likeness (QED) is 0.279. The molecule has 13 heteroatoms. The Hall–Kier alpha value is -4.15. The molecule has 0 spiro atoms. The number of carbonyl (C=O) groups is 2. The van der Waals surface area contributed by atoms with Crippen molar-refractivity contribution in [1.29, 1.82) is 5.26 Å². The molecule has 2 amide bonds. The Labute approximate surface area is 223 Å². The van der Waals surface area contributed by atoms with Crippen LogP contribution >= 0.6 is 11.3 Å². The molecule has 3 aliphatic rings. The van der Waals surface area contributed by atoms with Crippen molar-refractivity contribution in [3.05, 3.63) is 58.9 Å². The van der Waals surface area contributed by atoms with Crippen LogP contribution in [0.25, 0.3) is 21.2 Å². The standard InChI is InChI=1S/C26H20F4N6O2S/c1-11(27)25(37)34-6-7-35-12(10-34)4-5-36-21-14(26(35)38)8-17(29)19(20(21)23(30)33-36)13-2-3-16(28)22-18(13)15(9-31)24(32)39-22/h2-3,8,12,23,33H,1,4-7,10,32H2/t12-,23?/m0/s1. The number of nitrogens with one attached hydrogen (secondary N) is 1. The van der Waals surface area contributed by atoms with Crippen molar-refractivity contribution in [3.8, 4) is 17.2 Å². The van der Waals surface area contributed by atoms with Crippen LogP contribution in [-0.4, -0.2) is 53.8 Å². The monoisotopic (exact) mass is 556 g/mol. The van der Waals surface area contributed by atoms with E-state index in [-0.39, 0.29) is 74.8 Å². The van der Waals surface area contributed by atoms with E-state index in [0.29, 0.717) is 6.42 Å². The topological polar surface area (TPSA) is 106 Å². The Bertz CT molecular complexity index is 1650. The number of hydrazine groups is 1. The van der Waals surface area contributed by atoms with Crippen molar-refractivity contribution in [2.24, 2.45) is 0 Å². The molecule has 1 aromatic heterocycles. The fraction of sp³-hybridized carbons (Fsp3) is 0.269. The van der Waals surface area contributed by atoms with Gasteiger partial charge in [0, 0.05) is 42.7 Å². The zero-order valence-electron chi connectivity index (χ0n) is 20.2. The van der Waals surface area contributed by atoms with E-state index in [9.17, 15) is 23.6 Å². The second-order valence-corrected chi connectivity index (χ2v) is 10.6. The molecule has 1 unspecified atom stereocenters. The molecule has 8 nitrogen and oxygen atoms in total. The summed E-state index contributed by atoms with van der Waals surface area (Å²) in [5.74, 6) is -4.10. The number of benzene rings is 2. The molecule has 200 valence electrons. The predicted molar refractivity (Wildman–Crippen MR) is 137 cm³/mol. The van der Waals surface area contributed by atoms with Crippen molar-refractivity contribution in [1.82, 2.24) is 15.2 Å². The van der Waals surface area contributed by atoms with Gasteiger partial charge in [-0.05, 0) is 24.1 Å². The average molecular weight is 557 g/mol. The Balaban J connectivity index is 1.51. The second kappa shape index (κ2) is 8.96. The first kappa shape index (κ1) is 25.1. The lowest BCUT2D eigenvalue weighted by Crippen LogP contribution is -2.58. The number of piperazine rings is 1. The van der Waals surface area contributed by atoms with E-state index in [1.807, 2.05) is 6.07 Å². The number of alkyl halides is 1. The SMILES string of the molecule is C=C(F)C(=O)N1CCN2C(=O)c3cc(F)c(-c4ccc(F)c5sc(N)c(C#N)c45)c4c3N(CC[C@H]2C1)NC4F. The molecule has 0 aliphatic carbocycles. The zero-order chi connectivity index (χ0) is 27.7. The summed E-state index contributed by atoms with van der Waals surface area (Å²) in [6.45, 7) is 3.42. The third kappa shape index (κ3) is 3.66. The fourth-order valence-electron chi connectivity index (χ4n) is 5.74. The van der Waals surface area contributed by atoms with E-state index >= 15 is 8.78 Å². The summed E-state index contributed by atoms with van der Waals surface area (Å²) in [7, 11) is 0. The first-order chi connectivity index (χ1) is 18.6. The van der Waals surface area contributed by atoms with Gasteiger partial charge in [-0.2, -0.15) is 10.7 Å². The number of nitrogens with two attached hydrogens (primary N) is 1. The highest BCUT2D eigenvalue weighted by atomic mass is 32.1. The minimum Gasteiger partial charge on any atom is -0.389 e. The van der Waals surface area contributed by atoms with Crippen LogP contribution in [0.4, 0.5) is 28.3 Å².